The van der Waals surface area contributed by atoms with Gasteiger partial charge in [-0.15, -0.1) is 5.10 Å². The van der Waals surface area contributed by atoms with E-state index in [-0.39, 0.29) is 6.61 Å². The highest BCUT2D eigenvalue weighted by atomic mass is 35.5. The van der Waals surface area contributed by atoms with Crippen molar-refractivity contribution in [3.8, 4) is 5.69 Å². The predicted molar refractivity (Wildman–Crippen MR) is 66.8 cm³/mol. The Morgan fingerprint density at radius 3 is 2.53 bits per heavy atom. The van der Waals surface area contributed by atoms with Gasteiger partial charge in [-0.1, -0.05) is 28.4 Å². The van der Waals surface area contributed by atoms with Crippen LogP contribution in [0.3, 0.4) is 0 Å². The van der Waals surface area contributed by atoms with Crippen molar-refractivity contribution in [1.29, 1.82) is 0 Å². The summed E-state index contributed by atoms with van der Waals surface area (Å²) in [6, 6.07) is 5.19. The van der Waals surface area contributed by atoms with Gasteiger partial charge in [0.25, 0.3) is 0 Å². The van der Waals surface area contributed by atoms with Crippen molar-refractivity contribution >= 4 is 23.2 Å². The van der Waals surface area contributed by atoms with Crippen LogP contribution in [0, 0.1) is 0 Å². The molecule has 0 bridgehead atoms. The van der Waals surface area contributed by atoms with Gasteiger partial charge in [0.15, 0.2) is 0 Å². The molecule has 2 rings (SSSR count). The second kappa shape index (κ2) is 5.49. The summed E-state index contributed by atoms with van der Waals surface area (Å²) in [5.74, 6) is 0. The molecule has 0 saturated heterocycles. The second-order valence-electron chi connectivity index (χ2n) is 3.61. The Morgan fingerprint density at radius 2 is 1.88 bits per heavy atom. The average Bonchev–Trinajstić information content (AvgIpc) is 2.73. The van der Waals surface area contributed by atoms with Crippen LogP contribution in [0.1, 0.15) is 12.1 Å². The molecule has 17 heavy (non-hydrogen) atoms. The molecule has 1 N–H and O–H groups in total. The molecule has 2 aromatic rings. The Morgan fingerprint density at radius 1 is 1.18 bits per heavy atom. The lowest BCUT2D eigenvalue weighted by Crippen LogP contribution is -1.94. The van der Waals surface area contributed by atoms with Gasteiger partial charge in [0, 0.05) is 16.7 Å². The SMILES string of the molecule is OCCCc1cn(-c2cc(Cl)cc(Cl)c2)nn1. The Labute approximate surface area is 109 Å². The third-order valence-electron chi connectivity index (χ3n) is 2.24. The highest BCUT2D eigenvalue weighted by Crippen LogP contribution is 2.21. The van der Waals surface area contributed by atoms with E-state index in [4.69, 9.17) is 28.3 Å². The maximum Gasteiger partial charge on any atom is 0.0832 e. The van der Waals surface area contributed by atoms with Crippen LogP contribution in [0.25, 0.3) is 5.69 Å². The van der Waals surface area contributed by atoms with E-state index in [9.17, 15) is 0 Å². The van der Waals surface area contributed by atoms with E-state index in [1.165, 1.54) is 0 Å². The molecule has 0 aliphatic carbocycles. The Kier molecular flexibility index (Phi) is 3.99. The first-order valence-corrected chi connectivity index (χ1v) is 5.93. The van der Waals surface area contributed by atoms with E-state index in [2.05, 4.69) is 10.3 Å². The van der Waals surface area contributed by atoms with Gasteiger partial charge in [0.1, 0.15) is 0 Å². The molecule has 0 amide bonds. The van der Waals surface area contributed by atoms with E-state index in [0.29, 0.717) is 22.9 Å². The van der Waals surface area contributed by atoms with Crippen LogP contribution in [0.5, 0.6) is 0 Å². The smallest absolute Gasteiger partial charge is 0.0832 e. The summed E-state index contributed by atoms with van der Waals surface area (Å²) < 4.78 is 1.62. The molecule has 6 heteroatoms. The first kappa shape index (κ1) is 12.4. The van der Waals surface area contributed by atoms with E-state index in [1.54, 1.807) is 29.1 Å². The lowest BCUT2D eigenvalue weighted by Gasteiger charge is -2.01. The molecule has 0 aliphatic heterocycles. The molecule has 0 saturated carbocycles. The Hall–Kier alpha value is -1.10. The quantitative estimate of drug-likeness (QED) is 0.930. The first-order chi connectivity index (χ1) is 8.19. The van der Waals surface area contributed by atoms with Gasteiger partial charge in [-0.25, -0.2) is 4.68 Å². The van der Waals surface area contributed by atoms with Crippen molar-refractivity contribution in [2.45, 2.75) is 12.8 Å². The van der Waals surface area contributed by atoms with Crippen molar-refractivity contribution in [3.63, 3.8) is 0 Å². The number of hydrogen-bond acceptors (Lipinski definition) is 3. The molecule has 1 heterocycles. The number of rotatable bonds is 4. The number of aliphatic hydroxyl groups is 1. The average molecular weight is 272 g/mol. The Balaban J connectivity index is 2.24. The minimum Gasteiger partial charge on any atom is -0.396 e. The van der Waals surface area contributed by atoms with Crippen LogP contribution in [-0.4, -0.2) is 26.7 Å². The van der Waals surface area contributed by atoms with Crippen LogP contribution in [0.15, 0.2) is 24.4 Å². The number of nitrogens with zero attached hydrogens (tertiary/aromatic N) is 3. The normalized spacial score (nSPS) is 10.8. The monoisotopic (exact) mass is 271 g/mol. The topological polar surface area (TPSA) is 50.9 Å². The number of hydrogen-bond donors (Lipinski definition) is 1. The largest absolute Gasteiger partial charge is 0.396 e. The minimum absolute atomic E-state index is 0.149. The van der Waals surface area contributed by atoms with Gasteiger partial charge in [-0.05, 0) is 31.0 Å². The lowest BCUT2D eigenvalue weighted by molar-refractivity contribution is 0.288. The van der Waals surface area contributed by atoms with Crippen molar-refractivity contribution < 1.29 is 5.11 Å². The van der Waals surface area contributed by atoms with Crippen LogP contribution in [-0.2, 0) is 6.42 Å². The zero-order valence-corrected chi connectivity index (χ0v) is 10.5. The molecule has 90 valence electrons. The lowest BCUT2D eigenvalue weighted by atomic mass is 10.2. The fourth-order valence-electron chi connectivity index (χ4n) is 1.47. The molecular weight excluding hydrogens is 261 g/mol. The Bertz CT molecular complexity index is 493. The first-order valence-electron chi connectivity index (χ1n) is 5.17. The van der Waals surface area contributed by atoms with Crippen molar-refractivity contribution in [3.05, 3.63) is 40.1 Å². The van der Waals surface area contributed by atoms with Crippen LogP contribution in [0.4, 0.5) is 0 Å². The second-order valence-corrected chi connectivity index (χ2v) is 4.48. The third-order valence-corrected chi connectivity index (χ3v) is 2.68. The third kappa shape index (κ3) is 3.19. The van der Waals surface area contributed by atoms with Gasteiger partial charge in [-0.2, -0.15) is 0 Å². The van der Waals surface area contributed by atoms with E-state index in [0.717, 1.165) is 11.4 Å². The highest BCUT2D eigenvalue weighted by Gasteiger charge is 2.04. The maximum absolute atomic E-state index is 8.73. The zero-order valence-electron chi connectivity index (χ0n) is 8.98. The molecule has 0 atom stereocenters. The summed E-state index contributed by atoms with van der Waals surface area (Å²) in [4.78, 5) is 0. The van der Waals surface area contributed by atoms with Crippen molar-refractivity contribution in [1.82, 2.24) is 15.0 Å². The maximum atomic E-state index is 8.73. The molecule has 0 fully saturated rings. The van der Waals surface area contributed by atoms with Crippen LogP contribution in [0.2, 0.25) is 10.0 Å². The number of aryl methyl sites for hydroxylation is 1. The van der Waals surface area contributed by atoms with E-state index >= 15 is 0 Å². The predicted octanol–water partition coefficient (Wildman–Crippen LogP) is 2.50. The fourth-order valence-corrected chi connectivity index (χ4v) is 1.99. The van der Waals surface area contributed by atoms with Crippen LogP contribution < -0.4 is 0 Å². The van der Waals surface area contributed by atoms with Gasteiger partial charge in [0.2, 0.25) is 0 Å². The summed E-state index contributed by atoms with van der Waals surface area (Å²) >= 11 is 11.8. The summed E-state index contributed by atoms with van der Waals surface area (Å²) in [5.41, 5.74) is 1.60. The number of aliphatic hydroxyl groups excluding tert-OH is 1. The number of benzene rings is 1. The molecule has 1 aromatic heterocycles. The van der Waals surface area contributed by atoms with E-state index in [1.807, 2.05) is 0 Å². The van der Waals surface area contributed by atoms with Gasteiger partial charge in [-0.3, -0.25) is 0 Å². The summed E-state index contributed by atoms with van der Waals surface area (Å²) in [7, 11) is 0. The molecular formula is C11H11Cl2N3O. The standard InChI is InChI=1S/C11H11Cl2N3O/c12-8-4-9(13)6-11(5-8)16-7-10(14-15-16)2-1-3-17/h4-7,17H,1-3H2. The number of aromatic nitrogens is 3. The van der Waals surface area contributed by atoms with Gasteiger partial charge < -0.3 is 5.11 Å². The van der Waals surface area contributed by atoms with E-state index < -0.39 is 0 Å². The molecule has 0 spiro atoms. The summed E-state index contributed by atoms with van der Waals surface area (Å²) in [6.07, 6.45) is 3.18. The van der Waals surface area contributed by atoms with Gasteiger partial charge >= 0.3 is 0 Å². The highest BCUT2D eigenvalue weighted by molar-refractivity contribution is 6.34. The number of halogens is 2. The molecule has 0 radical (unpaired) electrons. The summed E-state index contributed by atoms with van der Waals surface area (Å²) in [6.45, 7) is 0.149. The molecule has 1 aromatic carbocycles. The molecule has 0 aliphatic rings. The van der Waals surface area contributed by atoms with Gasteiger partial charge in [0.05, 0.1) is 17.6 Å². The van der Waals surface area contributed by atoms with Crippen LogP contribution >= 0.6 is 23.2 Å². The zero-order chi connectivity index (χ0) is 12.3. The van der Waals surface area contributed by atoms with Crippen molar-refractivity contribution in [2.75, 3.05) is 6.61 Å². The minimum atomic E-state index is 0.149. The molecule has 4 nitrogen and oxygen atoms in total. The summed E-state index contributed by atoms with van der Waals surface area (Å²) in [5, 5.41) is 17.8. The molecule has 0 unspecified atom stereocenters. The van der Waals surface area contributed by atoms with Crippen molar-refractivity contribution in [2.24, 2.45) is 0 Å². The fraction of sp³-hybridized carbons (Fsp3) is 0.273.